The molecular weight excluding hydrogens is 779 g/mol. The van der Waals surface area contributed by atoms with Crippen molar-refractivity contribution in [2.45, 2.75) is 155 Å². The summed E-state index contributed by atoms with van der Waals surface area (Å²) >= 11 is 0. The van der Waals surface area contributed by atoms with E-state index < -0.39 is 33.9 Å². The molecule has 1 aromatic heterocycles. The van der Waals surface area contributed by atoms with Crippen LogP contribution in [0.2, 0.25) is 0 Å². The zero-order chi connectivity index (χ0) is 36.5. The highest BCUT2D eigenvalue weighted by molar-refractivity contribution is 7.89. The van der Waals surface area contributed by atoms with Gasteiger partial charge in [-0.3, -0.25) is 0 Å². The summed E-state index contributed by atoms with van der Waals surface area (Å²) in [6.07, 6.45) is 21.6. The number of nitrogens with one attached hydrogen (secondary N) is 3. The average molecular weight is 847 g/mol. The van der Waals surface area contributed by atoms with Crippen LogP contribution >= 0.6 is 0 Å². The summed E-state index contributed by atoms with van der Waals surface area (Å²) in [5, 5.41) is 6.48. The first-order chi connectivity index (χ1) is 24.0. The number of carbonyl (C=O) groups is 2. The second-order valence-electron chi connectivity index (χ2n) is 14.5. The minimum Gasteiger partial charge on any atom is -1.00 e. The number of hydrogen-bond donors (Lipinski definition) is 3. The first-order valence-corrected chi connectivity index (χ1v) is 20.9. The third-order valence-electron chi connectivity index (χ3n) is 8.59. The number of ether oxygens (including phenoxy) is 2. The molecule has 3 N–H and O–H groups in total. The quantitative estimate of drug-likeness (QED) is 0.0636. The van der Waals surface area contributed by atoms with Crippen molar-refractivity contribution in [3.05, 3.63) is 42.6 Å². The highest BCUT2D eigenvalue weighted by atomic mass is 127. The molecule has 0 aliphatic carbocycles. The van der Waals surface area contributed by atoms with Gasteiger partial charge in [-0.2, -0.15) is 4.57 Å². The SMILES string of the molecule is CCCCCCCCCCCCCCCCCCNC(=O)OCC(CNS(=O)(=O)CCC[n+]1cccc2ccccc21)NC(=O)OC(C)(C)C.[I-]. The number of nitrogens with zero attached hydrogens (tertiary/aromatic N) is 1. The summed E-state index contributed by atoms with van der Waals surface area (Å²) in [6.45, 7) is 8.16. The Morgan fingerprint density at radius 2 is 1.31 bits per heavy atom. The molecule has 2 aromatic rings. The fourth-order valence-electron chi connectivity index (χ4n) is 5.86. The van der Waals surface area contributed by atoms with E-state index in [4.69, 9.17) is 9.47 Å². The van der Waals surface area contributed by atoms with E-state index >= 15 is 0 Å². The Kier molecular flexibility index (Phi) is 25.2. The number of carbonyl (C=O) groups excluding carboxylic acids is 2. The lowest BCUT2D eigenvalue weighted by Gasteiger charge is -2.23. The Morgan fingerprint density at radius 3 is 1.90 bits per heavy atom. The van der Waals surface area contributed by atoms with E-state index in [1.807, 2.05) is 47.2 Å². The zero-order valence-corrected chi connectivity index (χ0v) is 34.8. The van der Waals surface area contributed by atoms with Crippen molar-refractivity contribution in [2.24, 2.45) is 0 Å². The van der Waals surface area contributed by atoms with Gasteiger partial charge in [-0.05, 0) is 39.3 Å². The third kappa shape index (κ3) is 23.9. The van der Waals surface area contributed by atoms with E-state index in [-0.39, 0.29) is 42.9 Å². The Hall–Kier alpha value is -2.19. The number of benzene rings is 1. The predicted molar refractivity (Wildman–Crippen MR) is 203 cm³/mol. The molecule has 0 aliphatic heterocycles. The molecule has 10 nitrogen and oxygen atoms in total. The van der Waals surface area contributed by atoms with Gasteiger partial charge in [0.25, 0.3) is 0 Å². The number of alkyl carbamates (subject to hydrolysis) is 2. The molecule has 1 heterocycles. The average Bonchev–Trinajstić information content (AvgIpc) is 3.06. The number of rotatable bonds is 27. The van der Waals surface area contributed by atoms with E-state index in [1.54, 1.807) is 20.8 Å². The van der Waals surface area contributed by atoms with Gasteiger partial charge in [0.2, 0.25) is 15.5 Å². The number of aryl methyl sites for hydroxylation is 1. The number of hydrogen-bond acceptors (Lipinski definition) is 6. The maximum absolute atomic E-state index is 12.8. The van der Waals surface area contributed by atoms with Gasteiger partial charge in [0.15, 0.2) is 6.20 Å². The number of sulfonamides is 1. The first-order valence-electron chi connectivity index (χ1n) is 19.2. The number of unbranched alkanes of at least 4 members (excludes halogenated alkanes) is 15. The normalized spacial score (nSPS) is 12.2. The van der Waals surface area contributed by atoms with Gasteiger partial charge >= 0.3 is 12.2 Å². The Morgan fingerprint density at radius 1 is 0.765 bits per heavy atom. The molecule has 2 amide bonds. The number of para-hydroxylation sites is 1. The number of pyridine rings is 1. The number of halogens is 1. The summed E-state index contributed by atoms with van der Waals surface area (Å²) in [6, 6.07) is 11.1. The summed E-state index contributed by atoms with van der Waals surface area (Å²) in [5.74, 6) is -0.0942. The van der Waals surface area contributed by atoms with Crippen LogP contribution in [0.15, 0.2) is 42.6 Å². The molecule has 0 saturated carbocycles. The summed E-state index contributed by atoms with van der Waals surface area (Å²) in [4.78, 5) is 24.8. The molecule has 292 valence electrons. The topological polar surface area (TPSA) is 127 Å². The lowest BCUT2D eigenvalue weighted by atomic mass is 10.0. The summed E-state index contributed by atoms with van der Waals surface area (Å²) in [7, 11) is -3.66. The second kappa shape index (κ2) is 27.4. The molecule has 1 aromatic carbocycles. The van der Waals surface area contributed by atoms with Gasteiger partial charge in [0.1, 0.15) is 18.8 Å². The van der Waals surface area contributed by atoms with Crippen molar-refractivity contribution in [3.8, 4) is 0 Å². The molecule has 51 heavy (non-hydrogen) atoms. The minimum atomic E-state index is -3.66. The van der Waals surface area contributed by atoms with Crippen molar-refractivity contribution in [1.29, 1.82) is 0 Å². The minimum absolute atomic E-state index is 0. The van der Waals surface area contributed by atoms with Crippen LogP contribution in [0.5, 0.6) is 0 Å². The van der Waals surface area contributed by atoms with E-state index in [2.05, 4.69) is 22.3 Å². The lowest BCUT2D eigenvalue weighted by Crippen LogP contribution is -3.00. The highest BCUT2D eigenvalue weighted by Gasteiger charge is 2.23. The lowest BCUT2D eigenvalue weighted by molar-refractivity contribution is -0.671. The highest BCUT2D eigenvalue weighted by Crippen LogP contribution is 2.14. The van der Waals surface area contributed by atoms with Gasteiger partial charge in [0, 0.05) is 37.0 Å². The Labute approximate surface area is 326 Å². The molecule has 1 unspecified atom stereocenters. The molecular formula is C39H67IN4O6S. The van der Waals surface area contributed by atoms with E-state index in [0.717, 1.165) is 30.2 Å². The first kappa shape index (κ1) is 46.8. The molecule has 1 atom stereocenters. The monoisotopic (exact) mass is 846 g/mol. The number of amides is 2. The largest absolute Gasteiger partial charge is 1.00 e. The van der Waals surface area contributed by atoms with Crippen LogP contribution in [-0.2, 0) is 26.0 Å². The van der Waals surface area contributed by atoms with Crippen molar-refractivity contribution in [1.82, 2.24) is 15.4 Å². The summed E-state index contributed by atoms with van der Waals surface area (Å²) in [5.41, 5.74) is 0.297. The molecule has 0 aliphatic rings. The van der Waals surface area contributed by atoms with Crippen LogP contribution < -0.4 is 43.9 Å². The smallest absolute Gasteiger partial charge is 0.408 e. The van der Waals surface area contributed by atoms with Crippen LogP contribution in [0.3, 0.4) is 0 Å². The van der Waals surface area contributed by atoms with E-state index in [0.29, 0.717) is 19.5 Å². The van der Waals surface area contributed by atoms with Crippen molar-refractivity contribution in [3.63, 3.8) is 0 Å². The maximum atomic E-state index is 12.8. The third-order valence-corrected chi connectivity index (χ3v) is 10.0. The zero-order valence-electron chi connectivity index (χ0n) is 31.9. The second-order valence-corrected chi connectivity index (χ2v) is 16.4. The molecule has 12 heteroatoms. The van der Waals surface area contributed by atoms with Crippen LogP contribution in [0, 0.1) is 0 Å². The van der Waals surface area contributed by atoms with Gasteiger partial charge in [-0.1, -0.05) is 115 Å². The van der Waals surface area contributed by atoms with Gasteiger partial charge < -0.3 is 44.1 Å². The molecule has 0 radical (unpaired) electrons. The number of fused-ring (bicyclic) bond motifs is 1. The molecule has 2 rings (SSSR count). The van der Waals surface area contributed by atoms with Gasteiger partial charge in [0.05, 0.1) is 11.8 Å². The Balaban J connectivity index is 0.0000130. The fraction of sp³-hybridized carbons (Fsp3) is 0.718. The van der Waals surface area contributed by atoms with Crippen LogP contribution in [-0.4, -0.2) is 57.7 Å². The molecule has 0 bridgehead atoms. The van der Waals surface area contributed by atoms with Crippen LogP contribution in [0.25, 0.3) is 10.9 Å². The summed E-state index contributed by atoms with van der Waals surface area (Å²) < 4.78 is 41.0. The standard InChI is InChI=1S/C39H66N4O6S.HI/c1-5-6-7-8-9-10-11-12-13-14-15-16-17-18-19-22-28-40-37(44)48-33-35(42-38(45)49-39(2,3)4)32-41-50(46,47)31-24-30-43-29-23-26-34-25-20-21-27-36(34)43;/h20-21,23,25-27,29,35,41H,5-19,22,24,28,30-33H2,1-4H3,(H-,40,42,44,45);1H. The van der Waals surface area contributed by atoms with Crippen LogP contribution in [0.1, 0.15) is 137 Å². The van der Waals surface area contributed by atoms with Crippen molar-refractivity contribution >= 4 is 33.1 Å². The number of aromatic nitrogens is 1. The van der Waals surface area contributed by atoms with Crippen molar-refractivity contribution in [2.75, 3.05) is 25.4 Å². The van der Waals surface area contributed by atoms with Crippen LogP contribution in [0.4, 0.5) is 9.59 Å². The molecule has 0 saturated heterocycles. The van der Waals surface area contributed by atoms with E-state index in [9.17, 15) is 18.0 Å². The fourth-order valence-corrected chi connectivity index (χ4v) is 6.97. The van der Waals surface area contributed by atoms with Gasteiger partial charge in [-0.25, -0.2) is 22.7 Å². The Bertz CT molecular complexity index is 1330. The molecule has 0 spiro atoms. The molecule has 0 fully saturated rings. The predicted octanol–water partition coefficient (Wildman–Crippen LogP) is 5.32. The maximum Gasteiger partial charge on any atom is 0.408 e. The van der Waals surface area contributed by atoms with E-state index in [1.165, 1.54) is 83.5 Å². The van der Waals surface area contributed by atoms with Crippen molar-refractivity contribution < 1.29 is 56.0 Å². The van der Waals surface area contributed by atoms with Gasteiger partial charge in [-0.15, -0.1) is 0 Å².